The van der Waals surface area contributed by atoms with E-state index in [9.17, 15) is 9.59 Å². The van der Waals surface area contributed by atoms with Crippen molar-refractivity contribution in [3.05, 3.63) is 0 Å². The van der Waals surface area contributed by atoms with Crippen LogP contribution >= 0.6 is 0 Å². The third kappa shape index (κ3) is 6.09. The van der Waals surface area contributed by atoms with Crippen LogP contribution in [0.2, 0.25) is 0 Å². The molecule has 0 spiro atoms. The highest BCUT2D eigenvalue weighted by Gasteiger charge is 2.43. The van der Waals surface area contributed by atoms with Gasteiger partial charge in [0.15, 0.2) is 5.78 Å². The number of ether oxygens (including phenoxy) is 2. The maximum Gasteiger partial charge on any atom is 0.312 e. The average Bonchev–Trinajstić information content (AvgIpc) is 2.43. The Kier molecular flexibility index (Phi) is 7.49. The Morgan fingerprint density at radius 1 is 0.760 bits per heavy atom. The predicted molar refractivity (Wildman–Crippen MR) is 102 cm³/mol. The fourth-order valence-corrected chi connectivity index (χ4v) is 2.11. The van der Waals surface area contributed by atoms with Crippen LogP contribution < -0.4 is 0 Å². The quantitative estimate of drug-likeness (QED) is 0.543. The van der Waals surface area contributed by atoms with Crippen molar-refractivity contribution in [2.45, 2.75) is 94.3 Å². The molecule has 0 aliphatic heterocycles. The summed E-state index contributed by atoms with van der Waals surface area (Å²) in [6, 6.07) is 0. The molecule has 0 saturated carbocycles. The van der Waals surface area contributed by atoms with Gasteiger partial charge in [-0.3, -0.25) is 9.59 Å². The molecule has 0 aliphatic rings. The fraction of sp³-hybridized carbons (Fsp3) is 0.905. The van der Waals surface area contributed by atoms with Gasteiger partial charge in [-0.2, -0.15) is 0 Å². The number of carbonyl (C=O) groups excluding carboxylic acids is 2. The van der Waals surface area contributed by atoms with E-state index in [1.165, 1.54) is 0 Å². The molecule has 4 heteroatoms. The Morgan fingerprint density at radius 3 is 1.52 bits per heavy atom. The lowest BCUT2D eigenvalue weighted by molar-refractivity contribution is -0.183. The monoisotopic (exact) mass is 356 g/mol. The molecule has 148 valence electrons. The summed E-state index contributed by atoms with van der Waals surface area (Å²) < 4.78 is 11.6. The Labute approximate surface area is 155 Å². The van der Waals surface area contributed by atoms with E-state index in [1.54, 1.807) is 13.8 Å². The number of rotatable bonds is 9. The zero-order chi connectivity index (χ0) is 20.4. The molecule has 0 unspecified atom stereocenters. The van der Waals surface area contributed by atoms with E-state index in [2.05, 4.69) is 0 Å². The van der Waals surface area contributed by atoms with Crippen molar-refractivity contribution in [2.24, 2.45) is 22.7 Å². The van der Waals surface area contributed by atoms with Crippen LogP contribution in [-0.4, -0.2) is 29.6 Å². The molecule has 0 heterocycles. The molecule has 0 bridgehead atoms. The second-order valence-electron chi connectivity index (χ2n) is 10.0. The van der Waals surface area contributed by atoms with Crippen molar-refractivity contribution >= 4 is 11.8 Å². The molecule has 0 N–H and O–H groups in total. The SMILES string of the molecule is CC(C)C(C)(C)C(=O)OC(C)(C)COC(C)(C)C(=O)C(C)(C)C(C)C. The molecule has 0 aromatic heterocycles. The lowest BCUT2D eigenvalue weighted by atomic mass is 9.72. The molecule has 0 rings (SSSR count). The van der Waals surface area contributed by atoms with Crippen LogP contribution in [0.3, 0.4) is 0 Å². The second-order valence-corrected chi connectivity index (χ2v) is 10.0. The van der Waals surface area contributed by atoms with E-state index in [0.29, 0.717) is 0 Å². The van der Waals surface area contributed by atoms with E-state index in [1.807, 2.05) is 69.2 Å². The number of ketones is 1. The van der Waals surface area contributed by atoms with Crippen LogP contribution in [0.5, 0.6) is 0 Å². The van der Waals surface area contributed by atoms with E-state index in [4.69, 9.17) is 9.47 Å². The Morgan fingerprint density at radius 2 is 1.16 bits per heavy atom. The first kappa shape index (κ1) is 24.1. The maximum atomic E-state index is 12.9. The predicted octanol–water partition coefficient (Wildman–Crippen LogP) is 5.04. The van der Waals surface area contributed by atoms with E-state index < -0.39 is 22.0 Å². The average molecular weight is 357 g/mol. The van der Waals surface area contributed by atoms with Crippen LogP contribution in [0.15, 0.2) is 0 Å². The van der Waals surface area contributed by atoms with E-state index >= 15 is 0 Å². The minimum Gasteiger partial charge on any atom is -0.457 e. The number of hydrogen-bond acceptors (Lipinski definition) is 4. The normalized spacial score (nSPS) is 14.2. The highest BCUT2D eigenvalue weighted by molar-refractivity contribution is 5.91. The first-order chi connectivity index (χ1) is 10.9. The Balaban J connectivity index is 5.04. The largest absolute Gasteiger partial charge is 0.457 e. The van der Waals surface area contributed by atoms with Gasteiger partial charge in [0.05, 0.1) is 12.0 Å². The first-order valence-electron chi connectivity index (χ1n) is 9.30. The minimum atomic E-state index is -0.939. The lowest BCUT2D eigenvalue weighted by Crippen LogP contribution is -2.49. The number of Topliss-reactive ketones (excluding diaryl/α,β-unsaturated/α-hetero) is 1. The highest BCUT2D eigenvalue weighted by Crippen LogP contribution is 2.34. The van der Waals surface area contributed by atoms with Gasteiger partial charge < -0.3 is 9.47 Å². The summed E-state index contributed by atoms with van der Waals surface area (Å²) in [4.78, 5) is 25.4. The fourth-order valence-electron chi connectivity index (χ4n) is 2.11. The molecule has 0 atom stereocenters. The highest BCUT2D eigenvalue weighted by atomic mass is 16.6. The molecular formula is C21H40O4. The minimum absolute atomic E-state index is 0.0552. The lowest BCUT2D eigenvalue weighted by Gasteiger charge is -2.38. The molecule has 0 aromatic carbocycles. The van der Waals surface area contributed by atoms with Crippen molar-refractivity contribution in [1.29, 1.82) is 0 Å². The van der Waals surface area contributed by atoms with Crippen LogP contribution in [0, 0.1) is 22.7 Å². The summed E-state index contributed by atoms with van der Waals surface area (Å²) in [5.74, 6) is 0.185. The molecule has 4 nitrogen and oxygen atoms in total. The van der Waals surface area contributed by atoms with Crippen molar-refractivity contribution in [1.82, 2.24) is 0 Å². The Bertz CT molecular complexity index is 482. The van der Waals surface area contributed by atoms with E-state index in [0.717, 1.165) is 0 Å². The summed E-state index contributed by atoms with van der Waals surface area (Å²) >= 11 is 0. The third-order valence-electron chi connectivity index (χ3n) is 5.69. The summed E-state index contributed by atoms with van der Waals surface area (Å²) in [5.41, 5.74) is -2.79. The first-order valence-corrected chi connectivity index (χ1v) is 9.30. The number of hydrogen-bond donors (Lipinski definition) is 0. The van der Waals surface area contributed by atoms with Crippen molar-refractivity contribution < 1.29 is 19.1 Å². The summed E-state index contributed by atoms with van der Waals surface area (Å²) in [6.45, 7) is 23.1. The topological polar surface area (TPSA) is 52.6 Å². The summed E-state index contributed by atoms with van der Waals surface area (Å²) in [6.07, 6.45) is 0. The summed E-state index contributed by atoms with van der Waals surface area (Å²) in [7, 11) is 0. The smallest absolute Gasteiger partial charge is 0.312 e. The second kappa shape index (κ2) is 7.77. The van der Waals surface area contributed by atoms with Crippen LogP contribution in [0.25, 0.3) is 0 Å². The van der Waals surface area contributed by atoms with Gasteiger partial charge in [0.1, 0.15) is 11.2 Å². The standard InChI is InChI=1S/C21H40O4/c1-14(2)19(7,8)16(22)21(11,12)24-13-18(5,6)25-17(23)20(9,10)15(3)4/h14-15H,13H2,1-12H3. The summed E-state index contributed by atoms with van der Waals surface area (Å²) in [5, 5.41) is 0. The van der Waals surface area contributed by atoms with Gasteiger partial charge in [-0.1, -0.05) is 41.5 Å². The number of carbonyl (C=O) groups is 2. The molecule has 25 heavy (non-hydrogen) atoms. The van der Waals surface area contributed by atoms with Gasteiger partial charge in [-0.15, -0.1) is 0 Å². The molecule has 0 fully saturated rings. The molecule has 0 radical (unpaired) electrons. The van der Waals surface area contributed by atoms with Gasteiger partial charge in [0.25, 0.3) is 0 Å². The van der Waals surface area contributed by atoms with Gasteiger partial charge in [-0.25, -0.2) is 0 Å². The molecule has 0 saturated heterocycles. The van der Waals surface area contributed by atoms with Crippen LogP contribution in [0.1, 0.15) is 83.1 Å². The molecule has 0 amide bonds. The van der Waals surface area contributed by atoms with Crippen LogP contribution in [0.4, 0.5) is 0 Å². The van der Waals surface area contributed by atoms with Gasteiger partial charge >= 0.3 is 5.97 Å². The molecular weight excluding hydrogens is 316 g/mol. The van der Waals surface area contributed by atoms with Crippen molar-refractivity contribution in [3.8, 4) is 0 Å². The molecule has 0 aromatic rings. The van der Waals surface area contributed by atoms with Crippen molar-refractivity contribution in [3.63, 3.8) is 0 Å². The number of esters is 1. The maximum absolute atomic E-state index is 12.9. The van der Waals surface area contributed by atoms with Gasteiger partial charge in [0, 0.05) is 5.41 Å². The van der Waals surface area contributed by atoms with Crippen molar-refractivity contribution in [2.75, 3.05) is 6.61 Å². The van der Waals surface area contributed by atoms with E-state index in [-0.39, 0.29) is 30.2 Å². The van der Waals surface area contributed by atoms with Gasteiger partial charge in [-0.05, 0) is 53.4 Å². The van der Waals surface area contributed by atoms with Crippen LogP contribution in [-0.2, 0) is 19.1 Å². The molecule has 0 aliphatic carbocycles. The zero-order valence-electron chi connectivity index (χ0n) is 18.5. The third-order valence-corrected chi connectivity index (χ3v) is 5.69. The zero-order valence-corrected chi connectivity index (χ0v) is 18.5. The van der Waals surface area contributed by atoms with Gasteiger partial charge in [0.2, 0.25) is 0 Å². The Hall–Kier alpha value is -0.900.